The average molecular weight is 489 g/mol. The highest BCUT2D eigenvalue weighted by Crippen LogP contribution is 2.29. The minimum atomic E-state index is -0.307. The molecule has 0 spiro atoms. The first-order chi connectivity index (χ1) is 17.6. The van der Waals surface area contributed by atoms with E-state index in [1.54, 1.807) is 19.4 Å². The molecule has 1 saturated heterocycles. The summed E-state index contributed by atoms with van der Waals surface area (Å²) in [6, 6.07) is 15.5. The van der Waals surface area contributed by atoms with Crippen LogP contribution in [-0.2, 0) is 11.3 Å². The molecule has 1 amide bonds. The molecule has 2 N–H and O–H groups in total. The second-order valence-electron chi connectivity index (χ2n) is 9.97. The fourth-order valence-electron chi connectivity index (χ4n) is 5.62. The van der Waals surface area contributed by atoms with Crippen LogP contribution >= 0.6 is 0 Å². The molecule has 36 heavy (non-hydrogen) atoms. The van der Waals surface area contributed by atoms with Crippen molar-refractivity contribution in [1.29, 1.82) is 0 Å². The number of phenols is 1. The molecule has 2 aliphatic rings. The highest BCUT2D eigenvalue weighted by Gasteiger charge is 2.32. The van der Waals surface area contributed by atoms with Crippen LogP contribution in [0, 0.1) is 0 Å². The number of hydrogen-bond donors (Lipinski definition) is 2. The van der Waals surface area contributed by atoms with Crippen LogP contribution in [0.4, 0.5) is 0 Å². The summed E-state index contributed by atoms with van der Waals surface area (Å²) in [5, 5.41) is 14.5. The number of carbonyl (C=O) groups excluding carboxylic acids is 1. The molecule has 2 aromatic carbocycles. The van der Waals surface area contributed by atoms with Crippen molar-refractivity contribution in [2.45, 2.75) is 50.7 Å². The maximum absolute atomic E-state index is 13.6. The number of ether oxygens (including phenoxy) is 1. The number of benzene rings is 2. The second kappa shape index (κ2) is 11.3. The number of piperazine rings is 1. The molecule has 2 fully saturated rings. The first-order valence-corrected chi connectivity index (χ1v) is 13.1. The fraction of sp³-hybridized carbons (Fsp3) is 0.448. The van der Waals surface area contributed by atoms with Gasteiger partial charge < -0.3 is 15.2 Å². The van der Waals surface area contributed by atoms with E-state index in [9.17, 15) is 9.90 Å². The number of fused-ring (bicyclic) bond motifs is 1. The Morgan fingerprint density at radius 3 is 2.53 bits per heavy atom. The van der Waals surface area contributed by atoms with Gasteiger partial charge in [-0.1, -0.05) is 43.5 Å². The van der Waals surface area contributed by atoms with Crippen molar-refractivity contribution < 1.29 is 14.6 Å². The summed E-state index contributed by atoms with van der Waals surface area (Å²) in [4.78, 5) is 22.7. The average Bonchev–Trinajstić information content (AvgIpc) is 2.92. The zero-order chi connectivity index (χ0) is 24.9. The molecule has 3 aromatic rings. The lowest BCUT2D eigenvalue weighted by Gasteiger charge is -2.39. The van der Waals surface area contributed by atoms with Crippen LogP contribution < -0.4 is 10.1 Å². The summed E-state index contributed by atoms with van der Waals surface area (Å²) in [6.45, 7) is 4.14. The van der Waals surface area contributed by atoms with Crippen LogP contribution in [0.5, 0.6) is 11.5 Å². The van der Waals surface area contributed by atoms with Gasteiger partial charge in [0.2, 0.25) is 5.91 Å². The van der Waals surface area contributed by atoms with Crippen molar-refractivity contribution >= 4 is 16.8 Å². The minimum absolute atomic E-state index is 0.108. The van der Waals surface area contributed by atoms with Crippen molar-refractivity contribution in [3.8, 4) is 11.5 Å². The van der Waals surface area contributed by atoms with Gasteiger partial charge in [0.15, 0.2) is 0 Å². The number of aromatic nitrogens is 1. The molecule has 1 saturated carbocycles. The maximum atomic E-state index is 13.6. The van der Waals surface area contributed by atoms with Gasteiger partial charge in [-0.15, -0.1) is 0 Å². The Kier molecular flexibility index (Phi) is 7.68. The number of carbonyl (C=O) groups is 1. The summed E-state index contributed by atoms with van der Waals surface area (Å²) in [6.07, 6.45) is 7.51. The van der Waals surface area contributed by atoms with E-state index in [2.05, 4.69) is 20.1 Å². The molecule has 7 nitrogen and oxygen atoms in total. The van der Waals surface area contributed by atoms with Gasteiger partial charge in [0.25, 0.3) is 0 Å². The van der Waals surface area contributed by atoms with Gasteiger partial charge in [-0.05, 0) is 48.2 Å². The fourth-order valence-corrected chi connectivity index (χ4v) is 5.62. The lowest BCUT2D eigenvalue weighted by molar-refractivity contribution is -0.128. The number of phenolic OH excluding ortho intramolecular Hbond substituents is 1. The van der Waals surface area contributed by atoms with Crippen molar-refractivity contribution in [2.24, 2.45) is 0 Å². The Morgan fingerprint density at radius 1 is 1.06 bits per heavy atom. The third-order valence-electron chi connectivity index (χ3n) is 7.64. The van der Waals surface area contributed by atoms with E-state index in [4.69, 9.17) is 4.74 Å². The second-order valence-corrected chi connectivity index (χ2v) is 9.97. The molecule has 1 atom stereocenters. The lowest BCUT2D eigenvalue weighted by atomic mass is 9.94. The van der Waals surface area contributed by atoms with Gasteiger partial charge in [0, 0.05) is 50.3 Å². The quantitative estimate of drug-likeness (QED) is 0.518. The Balaban J connectivity index is 1.29. The van der Waals surface area contributed by atoms with Crippen molar-refractivity contribution in [2.75, 3.05) is 33.3 Å². The number of rotatable bonds is 7. The highest BCUT2D eigenvalue weighted by molar-refractivity contribution is 5.87. The number of methoxy groups -OCH3 is 1. The van der Waals surface area contributed by atoms with Crippen LogP contribution in [0.3, 0.4) is 0 Å². The largest absolute Gasteiger partial charge is 0.506 e. The van der Waals surface area contributed by atoms with Gasteiger partial charge in [0.1, 0.15) is 23.1 Å². The molecule has 1 aliphatic heterocycles. The summed E-state index contributed by atoms with van der Waals surface area (Å²) in [7, 11) is 1.66. The van der Waals surface area contributed by atoms with Gasteiger partial charge in [-0.3, -0.25) is 19.6 Å². The predicted octanol–water partition coefficient (Wildman–Crippen LogP) is 4.26. The van der Waals surface area contributed by atoms with Gasteiger partial charge >= 0.3 is 0 Å². The molecular formula is C29H36N4O3. The van der Waals surface area contributed by atoms with Crippen LogP contribution in [0.2, 0.25) is 0 Å². The molecule has 1 aliphatic carbocycles. The molecule has 190 valence electrons. The first-order valence-electron chi connectivity index (χ1n) is 13.1. The van der Waals surface area contributed by atoms with Crippen LogP contribution in [0.15, 0.2) is 54.7 Å². The Hall–Kier alpha value is -3.16. The third kappa shape index (κ3) is 5.47. The molecular weight excluding hydrogens is 452 g/mol. The normalized spacial score (nSPS) is 18.7. The van der Waals surface area contributed by atoms with Crippen molar-refractivity contribution in [3.63, 3.8) is 0 Å². The number of pyridine rings is 1. The van der Waals surface area contributed by atoms with E-state index in [0.717, 1.165) is 67.8 Å². The standard InChI is InChI=1S/C29H36N4O3/c1-36-24-12-9-21(10-13-24)28(29(35)31-23-6-3-2-4-7-23)33-18-16-32(17-19-33)20-22-11-14-26(34)27-25(22)8-5-15-30-27/h5,8-15,23,28,34H,2-4,6-7,16-20H2,1H3,(H,31,35). The van der Waals surface area contributed by atoms with E-state index >= 15 is 0 Å². The van der Waals surface area contributed by atoms with E-state index in [1.165, 1.54) is 19.3 Å². The zero-order valence-electron chi connectivity index (χ0n) is 21.0. The number of nitrogens with one attached hydrogen (secondary N) is 1. The Morgan fingerprint density at radius 2 is 1.81 bits per heavy atom. The first kappa shape index (κ1) is 24.5. The molecule has 2 heterocycles. The molecule has 1 unspecified atom stereocenters. The van der Waals surface area contributed by atoms with Crippen molar-refractivity contribution in [3.05, 3.63) is 65.9 Å². The van der Waals surface area contributed by atoms with Crippen molar-refractivity contribution in [1.82, 2.24) is 20.1 Å². The van der Waals surface area contributed by atoms with Crippen LogP contribution in [0.1, 0.15) is 49.3 Å². The van der Waals surface area contributed by atoms with E-state index in [-0.39, 0.29) is 23.7 Å². The van der Waals surface area contributed by atoms with Crippen LogP contribution in [0.25, 0.3) is 10.9 Å². The number of aromatic hydroxyl groups is 1. The summed E-state index contributed by atoms with van der Waals surface area (Å²) < 4.78 is 5.34. The summed E-state index contributed by atoms with van der Waals surface area (Å²) >= 11 is 0. The van der Waals surface area contributed by atoms with Gasteiger partial charge in [-0.25, -0.2) is 0 Å². The summed E-state index contributed by atoms with van der Waals surface area (Å²) in [5.41, 5.74) is 2.81. The Bertz CT molecular complexity index is 1170. The minimum Gasteiger partial charge on any atom is -0.506 e. The molecule has 0 bridgehead atoms. The van der Waals surface area contributed by atoms with Gasteiger partial charge in [0.05, 0.1) is 7.11 Å². The monoisotopic (exact) mass is 488 g/mol. The number of hydrogen-bond acceptors (Lipinski definition) is 6. The lowest BCUT2D eigenvalue weighted by Crippen LogP contribution is -2.52. The number of amides is 1. The SMILES string of the molecule is COc1ccc(C(C(=O)NC2CCCCC2)N2CCN(Cc3ccc(O)c4ncccc34)CC2)cc1. The Labute approximate surface area is 213 Å². The third-order valence-corrected chi connectivity index (χ3v) is 7.64. The highest BCUT2D eigenvalue weighted by atomic mass is 16.5. The van der Waals surface area contributed by atoms with Crippen LogP contribution in [-0.4, -0.2) is 65.1 Å². The number of nitrogens with zero attached hydrogens (tertiary/aromatic N) is 3. The zero-order valence-corrected chi connectivity index (χ0v) is 21.0. The molecule has 7 heteroatoms. The van der Waals surface area contributed by atoms with Gasteiger partial charge in [-0.2, -0.15) is 0 Å². The summed E-state index contributed by atoms with van der Waals surface area (Å²) in [5.74, 6) is 1.12. The smallest absolute Gasteiger partial charge is 0.242 e. The molecule has 1 aromatic heterocycles. The molecule has 0 radical (unpaired) electrons. The molecule has 5 rings (SSSR count). The van der Waals surface area contributed by atoms with E-state index < -0.39 is 0 Å². The predicted molar refractivity (Wildman–Crippen MR) is 141 cm³/mol. The maximum Gasteiger partial charge on any atom is 0.242 e. The topological polar surface area (TPSA) is 77.9 Å². The van der Waals surface area contributed by atoms with E-state index in [0.29, 0.717) is 5.52 Å². The van der Waals surface area contributed by atoms with E-state index in [1.807, 2.05) is 42.5 Å².